The lowest BCUT2D eigenvalue weighted by molar-refractivity contribution is -0.137. The van der Waals surface area contributed by atoms with Crippen LogP contribution in [0, 0.1) is 12.8 Å². The first-order chi connectivity index (χ1) is 15.2. The molecule has 0 spiro atoms. The number of likely N-dealkylation sites (tertiary alicyclic amines) is 1. The summed E-state index contributed by atoms with van der Waals surface area (Å²) in [7, 11) is 0. The van der Waals surface area contributed by atoms with Crippen LogP contribution in [0.5, 0.6) is 0 Å². The summed E-state index contributed by atoms with van der Waals surface area (Å²) in [4.78, 5) is 26.5. The quantitative estimate of drug-likeness (QED) is 0.627. The molecule has 1 unspecified atom stereocenters. The van der Waals surface area contributed by atoms with Gasteiger partial charge in [0, 0.05) is 31.7 Å². The highest BCUT2D eigenvalue weighted by Gasteiger charge is 2.30. The lowest BCUT2D eigenvalue weighted by Gasteiger charge is -2.32. The first-order valence-electron chi connectivity index (χ1n) is 10.8. The van der Waals surface area contributed by atoms with Crippen molar-refractivity contribution >= 4 is 17.6 Å². The second kappa shape index (κ2) is 10.5. The second-order valence-corrected chi connectivity index (χ2v) is 8.26. The third-order valence-electron chi connectivity index (χ3n) is 5.66. The van der Waals surface area contributed by atoms with Gasteiger partial charge in [0.25, 0.3) is 0 Å². The zero-order chi connectivity index (χ0) is 23.1. The number of aryl methyl sites for hydroxylation is 1. The van der Waals surface area contributed by atoms with Crippen molar-refractivity contribution in [1.29, 1.82) is 0 Å². The van der Waals surface area contributed by atoms with Gasteiger partial charge in [-0.15, -0.1) is 0 Å². The van der Waals surface area contributed by atoms with Gasteiger partial charge in [0.2, 0.25) is 5.91 Å². The molecule has 3 rings (SSSR count). The molecule has 2 aromatic rings. The predicted octanol–water partition coefficient (Wildman–Crippen LogP) is 5.35. The first kappa shape index (κ1) is 23.6. The summed E-state index contributed by atoms with van der Waals surface area (Å²) in [5.41, 5.74) is 1.78. The molecular weight excluding hydrogens is 419 g/mol. The van der Waals surface area contributed by atoms with Crippen molar-refractivity contribution in [3.63, 3.8) is 0 Å². The van der Waals surface area contributed by atoms with Crippen molar-refractivity contribution in [2.75, 3.05) is 18.4 Å². The van der Waals surface area contributed by atoms with Crippen LogP contribution in [-0.4, -0.2) is 29.9 Å². The van der Waals surface area contributed by atoms with Crippen molar-refractivity contribution in [1.82, 2.24) is 10.2 Å². The van der Waals surface area contributed by atoms with Gasteiger partial charge in [-0.1, -0.05) is 29.8 Å². The van der Waals surface area contributed by atoms with Crippen molar-refractivity contribution < 1.29 is 22.8 Å². The molecule has 1 heterocycles. The van der Waals surface area contributed by atoms with Gasteiger partial charge >= 0.3 is 12.2 Å². The van der Waals surface area contributed by atoms with Crippen molar-refractivity contribution in [2.45, 2.75) is 45.3 Å². The summed E-state index contributed by atoms with van der Waals surface area (Å²) in [6, 6.07) is 12.3. The molecule has 1 aliphatic rings. The average Bonchev–Trinajstić information content (AvgIpc) is 2.77. The molecule has 2 N–H and O–H groups in total. The van der Waals surface area contributed by atoms with Crippen molar-refractivity contribution in [3.8, 4) is 0 Å². The first-order valence-corrected chi connectivity index (χ1v) is 10.8. The van der Waals surface area contributed by atoms with Crippen LogP contribution in [0.4, 0.5) is 23.7 Å². The molecule has 2 aromatic carbocycles. The highest BCUT2D eigenvalue weighted by Crippen LogP contribution is 2.29. The van der Waals surface area contributed by atoms with E-state index in [1.54, 1.807) is 4.90 Å². The lowest BCUT2D eigenvalue weighted by Crippen LogP contribution is -2.42. The topological polar surface area (TPSA) is 61.4 Å². The molecule has 0 aromatic heterocycles. The predicted molar refractivity (Wildman–Crippen MR) is 117 cm³/mol. The Kier molecular flexibility index (Phi) is 7.77. The van der Waals surface area contributed by atoms with Gasteiger partial charge in [-0.05, 0) is 61.9 Å². The van der Waals surface area contributed by atoms with Gasteiger partial charge in [0.1, 0.15) is 0 Å². The fourth-order valence-electron chi connectivity index (χ4n) is 3.76. The number of piperidine rings is 1. The van der Waals surface area contributed by atoms with E-state index in [1.807, 2.05) is 31.2 Å². The van der Waals surface area contributed by atoms with E-state index >= 15 is 0 Å². The number of nitrogens with zero attached hydrogens (tertiary/aromatic N) is 1. The van der Waals surface area contributed by atoms with Gasteiger partial charge in [-0.3, -0.25) is 4.79 Å². The Morgan fingerprint density at radius 3 is 2.41 bits per heavy atom. The number of amides is 3. The zero-order valence-corrected chi connectivity index (χ0v) is 18.0. The number of anilines is 1. The Bertz CT molecular complexity index is 912. The third kappa shape index (κ3) is 7.00. The van der Waals surface area contributed by atoms with E-state index in [0.29, 0.717) is 31.5 Å². The van der Waals surface area contributed by atoms with E-state index < -0.39 is 11.7 Å². The Balaban J connectivity index is 1.40. The molecule has 0 aliphatic carbocycles. The van der Waals surface area contributed by atoms with E-state index in [0.717, 1.165) is 36.2 Å². The van der Waals surface area contributed by atoms with Gasteiger partial charge < -0.3 is 15.5 Å². The minimum atomic E-state index is -4.37. The van der Waals surface area contributed by atoms with Crippen molar-refractivity contribution in [3.05, 3.63) is 65.2 Å². The summed E-state index contributed by atoms with van der Waals surface area (Å²) in [5, 5.41) is 5.67. The van der Waals surface area contributed by atoms with Crippen LogP contribution in [-0.2, 0) is 17.5 Å². The van der Waals surface area contributed by atoms with E-state index in [-0.39, 0.29) is 24.4 Å². The van der Waals surface area contributed by atoms with Crippen LogP contribution < -0.4 is 10.6 Å². The molecule has 172 valence electrons. The standard InChI is InChI=1S/C24H28F3N3O2/c1-17-4-11-21(12-5-17)29-23(32)30-14-2-3-19(16-30)8-13-22(31)28-15-18-6-9-20(10-7-18)24(25,26)27/h4-7,9-12,19H,2-3,8,13-16H2,1H3,(H,28,31)(H,29,32). The van der Waals surface area contributed by atoms with E-state index in [1.165, 1.54) is 12.1 Å². The number of hydrogen-bond acceptors (Lipinski definition) is 2. The maximum Gasteiger partial charge on any atom is 0.416 e. The number of nitrogens with one attached hydrogen (secondary N) is 2. The Hall–Kier alpha value is -3.03. The average molecular weight is 448 g/mol. The minimum Gasteiger partial charge on any atom is -0.352 e. The highest BCUT2D eigenvalue weighted by molar-refractivity contribution is 5.89. The number of carbonyl (C=O) groups is 2. The fourth-order valence-corrected chi connectivity index (χ4v) is 3.76. The van der Waals surface area contributed by atoms with E-state index in [4.69, 9.17) is 0 Å². The molecule has 0 saturated carbocycles. The SMILES string of the molecule is Cc1ccc(NC(=O)N2CCCC(CCC(=O)NCc3ccc(C(F)(F)F)cc3)C2)cc1. The third-order valence-corrected chi connectivity index (χ3v) is 5.66. The molecule has 1 atom stereocenters. The number of carbonyl (C=O) groups excluding carboxylic acids is 2. The van der Waals surface area contributed by atoms with Gasteiger partial charge in [0.05, 0.1) is 5.56 Å². The summed E-state index contributed by atoms with van der Waals surface area (Å²) >= 11 is 0. The van der Waals surface area contributed by atoms with Gasteiger partial charge in [0.15, 0.2) is 0 Å². The summed E-state index contributed by atoms with van der Waals surface area (Å²) in [6.45, 7) is 3.46. The van der Waals surface area contributed by atoms with Crippen LogP contribution in [0.25, 0.3) is 0 Å². The Labute approximate surface area is 186 Å². The number of rotatable bonds is 6. The van der Waals surface area contributed by atoms with Crippen LogP contribution in [0.1, 0.15) is 42.4 Å². The van der Waals surface area contributed by atoms with Gasteiger partial charge in [-0.2, -0.15) is 13.2 Å². The lowest BCUT2D eigenvalue weighted by atomic mass is 9.93. The molecule has 0 bridgehead atoms. The molecule has 1 fully saturated rings. The van der Waals surface area contributed by atoms with Crippen LogP contribution in [0.2, 0.25) is 0 Å². The Morgan fingerprint density at radius 1 is 1.06 bits per heavy atom. The van der Waals surface area contributed by atoms with Crippen molar-refractivity contribution in [2.24, 2.45) is 5.92 Å². The fraction of sp³-hybridized carbons (Fsp3) is 0.417. The van der Waals surface area contributed by atoms with Crippen LogP contribution in [0.3, 0.4) is 0 Å². The monoisotopic (exact) mass is 447 g/mol. The number of halogens is 3. The molecule has 3 amide bonds. The Morgan fingerprint density at radius 2 is 1.75 bits per heavy atom. The number of hydrogen-bond donors (Lipinski definition) is 2. The molecule has 32 heavy (non-hydrogen) atoms. The highest BCUT2D eigenvalue weighted by atomic mass is 19.4. The minimum absolute atomic E-state index is 0.134. The largest absolute Gasteiger partial charge is 0.416 e. The van der Waals surface area contributed by atoms with Gasteiger partial charge in [-0.25, -0.2) is 4.79 Å². The summed E-state index contributed by atoms with van der Waals surface area (Å²) < 4.78 is 37.8. The summed E-state index contributed by atoms with van der Waals surface area (Å²) in [5.74, 6) is 0.0930. The molecule has 1 aliphatic heterocycles. The van der Waals surface area contributed by atoms with E-state index in [2.05, 4.69) is 10.6 Å². The molecule has 8 heteroatoms. The second-order valence-electron chi connectivity index (χ2n) is 8.26. The number of urea groups is 1. The molecule has 1 saturated heterocycles. The maximum atomic E-state index is 12.6. The van der Waals surface area contributed by atoms with E-state index in [9.17, 15) is 22.8 Å². The number of benzene rings is 2. The maximum absolute atomic E-state index is 12.6. The smallest absolute Gasteiger partial charge is 0.352 e. The molecular formula is C24H28F3N3O2. The van der Waals surface area contributed by atoms with Crippen LogP contribution in [0.15, 0.2) is 48.5 Å². The normalized spacial score (nSPS) is 16.5. The summed E-state index contributed by atoms with van der Waals surface area (Å²) in [6.07, 6.45) is -1.54. The van der Waals surface area contributed by atoms with Crippen LogP contribution >= 0.6 is 0 Å². The molecule has 0 radical (unpaired) electrons. The zero-order valence-electron chi connectivity index (χ0n) is 18.0. The molecule has 5 nitrogen and oxygen atoms in total. The number of alkyl halides is 3.